The van der Waals surface area contributed by atoms with Crippen LogP contribution < -0.4 is 4.74 Å². The molecule has 0 unspecified atom stereocenters. The number of ether oxygens (including phenoxy) is 1. The molecule has 0 aromatic heterocycles. The lowest BCUT2D eigenvalue weighted by atomic mass is 10.2. The quantitative estimate of drug-likeness (QED) is 0.884. The number of hydrogen-bond donors (Lipinski definition) is 1. The largest absolute Gasteiger partial charge is 0.573 e. The second-order valence-corrected chi connectivity index (χ2v) is 3.38. The minimum atomic E-state index is -4.85. The van der Waals surface area contributed by atoms with Gasteiger partial charge in [-0.15, -0.1) is 13.2 Å². The number of alkyl halides is 3. The van der Waals surface area contributed by atoms with E-state index in [1.54, 1.807) is 0 Å². The Morgan fingerprint density at radius 2 is 1.87 bits per heavy atom. The van der Waals surface area contributed by atoms with E-state index in [2.05, 4.69) is 4.74 Å². The highest BCUT2D eigenvalue weighted by Crippen LogP contribution is 2.36. The molecule has 0 atom stereocenters. The number of halogens is 5. The molecule has 0 spiro atoms. The lowest BCUT2D eigenvalue weighted by Gasteiger charge is -2.12. The molecule has 7 heteroatoms. The molecule has 0 aliphatic heterocycles. The molecule has 1 N–H and O–H groups in total. The number of aliphatic hydroxyl groups excluding tert-OH is 1. The molecule has 0 aliphatic rings. The smallest absolute Gasteiger partial charge is 0.404 e. The average molecular weight is 261 g/mol. The third kappa shape index (κ3) is 3.44. The fraction of sp³-hybridized carbons (Fsp3) is 0.250. The summed E-state index contributed by atoms with van der Waals surface area (Å²) in [7, 11) is 0. The number of hydrogen-bond acceptors (Lipinski definition) is 2. The Morgan fingerprint density at radius 1 is 1.27 bits per heavy atom. The van der Waals surface area contributed by atoms with Crippen molar-refractivity contribution in [1.29, 1.82) is 0 Å². The van der Waals surface area contributed by atoms with Gasteiger partial charge in [0.1, 0.15) is 10.8 Å². The molecule has 0 aliphatic carbocycles. The van der Waals surface area contributed by atoms with E-state index in [1.807, 2.05) is 0 Å². The first-order chi connectivity index (χ1) is 6.83. The van der Waals surface area contributed by atoms with Crippen LogP contribution in [-0.4, -0.2) is 11.5 Å². The minimum absolute atomic E-state index is 0.109. The Kier molecular flexibility index (Phi) is 3.70. The van der Waals surface area contributed by atoms with Crippen LogP contribution in [0.2, 0.25) is 10.0 Å². The van der Waals surface area contributed by atoms with Crippen LogP contribution in [0, 0.1) is 0 Å². The summed E-state index contributed by atoms with van der Waals surface area (Å²) in [6, 6.07) is 2.23. The van der Waals surface area contributed by atoms with Crippen molar-refractivity contribution in [3.05, 3.63) is 27.7 Å². The lowest BCUT2D eigenvalue weighted by Crippen LogP contribution is -2.17. The Hall–Kier alpha value is -0.650. The molecule has 0 heterocycles. The molecule has 1 aromatic rings. The zero-order chi connectivity index (χ0) is 11.6. The van der Waals surface area contributed by atoms with Crippen LogP contribution in [0.3, 0.4) is 0 Å². The first-order valence-corrected chi connectivity index (χ1v) is 4.43. The van der Waals surface area contributed by atoms with Gasteiger partial charge in [0.05, 0.1) is 11.6 Å². The van der Waals surface area contributed by atoms with Gasteiger partial charge < -0.3 is 9.84 Å². The molecule has 0 radical (unpaired) electrons. The summed E-state index contributed by atoms with van der Waals surface area (Å²) in [4.78, 5) is 0. The molecule has 84 valence electrons. The second kappa shape index (κ2) is 4.47. The Labute approximate surface area is 93.2 Å². The van der Waals surface area contributed by atoms with Gasteiger partial charge in [0.25, 0.3) is 0 Å². The monoisotopic (exact) mass is 260 g/mol. The summed E-state index contributed by atoms with van der Waals surface area (Å²) in [5, 5.41) is 8.29. The van der Waals surface area contributed by atoms with Crippen molar-refractivity contribution in [2.75, 3.05) is 0 Å². The number of aliphatic hydroxyl groups is 1. The SMILES string of the molecule is OCc1cc(Cl)c(Cl)c(OC(F)(F)F)c1. The molecule has 0 amide bonds. The number of rotatable bonds is 2. The van der Waals surface area contributed by atoms with E-state index < -0.39 is 18.7 Å². The van der Waals surface area contributed by atoms with Crippen molar-refractivity contribution in [3.8, 4) is 5.75 Å². The van der Waals surface area contributed by atoms with Crippen LogP contribution in [0.4, 0.5) is 13.2 Å². The van der Waals surface area contributed by atoms with E-state index in [0.29, 0.717) is 0 Å². The van der Waals surface area contributed by atoms with E-state index in [9.17, 15) is 13.2 Å². The van der Waals surface area contributed by atoms with E-state index in [1.165, 1.54) is 6.07 Å². The molecule has 0 saturated heterocycles. The van der Waals surface area contributed by atoms with Crippen molar-refractivity contribution in [3.63, 3.8) is 0 Å². The van der Waals surface area contributed by atoms with Gasteiger partial charge in [-0.2, -0.15) is 0 Å². The molecule has 15 heavy (non-hydrogen) atoms. The van der Waals surface area contributed by atoms with E-state index in [0.717, 1.165) is 6.07 Å². The van der Waals surface area contributed by atoms with Gasteiger partial charge in [-0.3, -0.25) is 0 Å². The summed E-state index contributed by atoms with van der Waals surface area (Å²) >= 11 is 11.0. The highest BCUT2D eigenvalue weighted by Gasteiger charge is 2.32. The third-order valence-electron chi connectivity index (χ3n) is 1.46. The van der Waals surface area contributed by atoms with Gasteiger partial charge in [-0.1, -0.05) is 23.2 Å². The standard InChI is InChI=1S/C8H5Cl2F3O2/c9-5-1-4(3-14)2-6(7(5)10)15-8(11,12)13/h1-2,14H,3H2. The molecule has 1 rings (SSSR count). The lowest BCUT2D eigenvalue weighted by molar-refractivity contribution is -0.274. The zero-order valence-electron chi connectivity index (χ0n) is 7.11. The summed E-state index contributed by atoms with van der Waals surface area (Å²) < 4.78 is 39.3. The summed E-state index contributed by atoms with van der Waals surface area (Å²) in [5.41, 5.74) is 0.184. The Morgan fingerprint density at radius 3 is 2.33 bits per heavy atom. The topological polar surface area (TPSA) is 29.5 Å². The van der Waals surface area contributed by atoms with E-state index in [4.69, 9.17) is 28.3 Å². The molecule has 0 bridgehead atoms. The average Bonchev–Trinajstić information content (AvgIpc) is 2.10. The van der Waals surface area contributed by atoms with E-state index in [-0.39, 0.29) is 15.6 Å². The van der Waals surface area contributed by atoms with Gasteiger partial charge in [0.2, 0.25) is 0 Å². The molecule has 1 aromatic carbocycles. The fourth-order valence-corrected chi connectivity index (χ4v) is 1.29. The molecular formula is C8H5Cl2F3O2. The summed E-state index contributed by atoms with van der Waals surface area (Å²) in [6.07, 6.45) is -4.85. The summed E-state index contributed by atoms with van der Waals surface area (Å²) in [5.74, 6) is -0.624. The fourth-order valence-electron chi connectivity index (χ4n) is 0.907. The maximum Gasteiger partial charge on any atom is 0.573 e. The molecular weight excluding hydrogens is 256 g/mol. The Bertz CT molecular complexity index is 366. The maximum absolute atomic E-state index is 11.9. The highest BCUT2D eigenvalue weighted by molar-refractivity contribution is 6.43. The van der Waals surface area contributed by atoms with Crippen molar-refractivity contribution >= 4 is 23.2 Å². The van der Waals surface area contributed by atoms with Gasteiger partial charge in [0.15, 0.2) is 0 Å². The first kappa shape index (κ1) is 12.4. The van der Waals surface area contributed by atoms with E-state index >= 15 is 0 Å². The molecule has 0 saturated carbocycles. The van der Waals surface area contributed by atoms with Crippen LogP contribution in [0.25, 0.3) is 0 Å². The third-order valence-corrected chi connectivity index (χ3v) is 2.25. The zero-order valence-corrected chi connectivity index (χ0v) is 8.62. The first-order valence-electron chi connectivity index (χ1n) is 3.68. The van der Waals surface area contributed by atoms with Crippen molar-refractivity contribution in [2.24, 2.45) is 0 Å². The number of benzene rings is 1. The van der Waals surface area contributed by atoms with Gasteiger partial charge >= 0.3 is 6.36 Å². The van der Waals surface area contributed by atoms with Crippen LogP contribution in [0.1, 0.15) is 5.56 Å². The Balaban J connectivity index is 3.11. The van der Waals surface area contributed by atoms with Crippen molar-refractivity contribution in [1.82, 2.24) is 0 Å². The van der Waals surface area contributed by atoms with Gasteiger partial charge in [-0.05, 0) is 17.7 Å². The minimum Gasteiger partial charge on any atom is -0.404 e. The predicted octanol–water partition coefficient (Wildman–Crippen LogP) is 3.38. The van der Waals surface area contributed by atoms with Crippen LogP contribution in [0.15, 0.2) is 12.1 Å². The van der Waals surface area contributed by atoms with Crippen LogP contribution in [0.5, 0.6) is 5.75 Å². The molecule has 2 nitrogen and oxygen atoms in total. The van der Waals surface area contributed by atoms with Crippen molar-refractivity contribution in [2.45, 2.75) is 13.0 Å². The van der Waals surface area contributed by atoms with Gasteiger partial charge in [-0.25, -0.2) is 0 Å². The second-order valence-electron chi connectivity index (χ2n) is 2.60. The van der Waals surface area contributed by atoms with Crippen LogP contribution in [-0.2, 0) is 6.61 Å². The normalized spacial score (nSPS) is 11.6. The summed E-state index contributed by atoms with van der Waals surface area (Å²) in [6.45, 7) is -0.453. The highest BCUT2D eigenvalue weighted by atomic mass is 35.5. The van der Waals surface area contributed by atoms with Crippen molar-refractivity contribution < 1.29 is 23.0 Å². The molecule has 0 fully saturated rings. The van der Waals surface area contributed by atoms with Crippen LogP contribution >= 0.6 is 23.2 Å². The van der Waals surface area contributed by atoms with Gasteiger partial charge in [0, 0.05) is 0 Å². The maximum atomic E-state index is 11.9. The predicted molar refractivity (Wildman–Crippen MR) is 49.1 cm³/mol.